The Balaban J connectivity index is 2.31. The number of ether oxygens (including phenoxy) is 1. The Morgan fingerprint density at radius 2 is 2.12 bits per heavy atom. The second-order valence-electron chi connectivity index (χ2n) is 5.22. The van der Waals surface area contributed by atoms with Crippen LogP contribution in [0.25, 0.3) is 0 Å². The van der Waals surface area contributed by atoms with Crippen LogP contribution in [0.15, 0.2) is 18.2 Å². The third-order valence-corrected chi connectivity index (χ3v) is 2.88. The van der Waals surface area contributed by atoms with E-state index in [4.69, 9.17) is 9.84 Å². The van der Waals surface area contributed by atoms with Crippen molar-refractivity contribution in [3.63, 3.8) is 0 Å². The van der Waals surface area contributed by atoms with Crippen LogP contribution < -0.4 is 4.74 Å². The van der Waals surface area contributed by atoms with E-state index >= 15 is 0 Å². The molecule has 0 aromatic heterocycles. The van der Waals surface area contributed by atoms with Gasteiger partial charge in [-0.15, -0.1) is 0 Å². The average Bonchev–Trinajstić information content (AvgIpc) is 2.58. The largest absolute Gasteiger partial charge is 0.478 e. The van der Waals surface area contributed by atoms with E-state index in [1.165, 1.54) is 5.56 Å². The van der Waals surface area contributed by atoms with Gasteiger partial charge in [0.05, 0.1) is 0 Å². The van der Waals surface area contributed by atoms with Gasteiger partial charge in [0, 0.05) is 6.42 Å². The van der Waals surface area contributed by atoms with Gasteiger partial charge in [-0.05, 0) is 22.6 Å². The molecule has 1 aromatic rings. The van der Waals surface area contributed by atoms with Crippen LogP contribution in [0.5, 0.6) is 5.75 Å². The van der Waals surface area contributed by atoms with Crippen molar-refractivity contribution in [2.24, 2.45) is 0 Å². The fourth-order valence-corrected chi connectivity index (χ4v) is 1.85. The molecule has 3 heteroatoms. The summed E-state index contributed by atoms with van der Waals surface area (Å²) in [6, 6.07) is 5.93. The number of carbonyl (C=O) groups is 1. The molecule has 0 radical (unpaired) electrons. The molecule has 0 amide bonds. The molecule has 1 N–H and O–H groups in total. The maximum absolute atomic E-state index is 10.8. The summed E-state index contributed by atoms with van der Waals surface area (Å²) < 4.78 is 5.34. The molecule has 0 fully saturated rings. The summed E-state index contributed by atoms with van der Waals surface area (Å²) >= 11 is 0. The first-order valence-corrected chi connectivity index (χ1v) is 5.41. The number of aliphatic carboxylic acids is 1. The van der Waals surface area contributed by atoms with E-state index in [0.29, 0.717) is 12.2 Å². The van der Waals surface area contributed by atoms with E-state index in [-0.39, 0.29) is 5.41 Å². The fraction of sp³-hybridized carbons (Fsp3) is 0.462. The molecule has 0 bridgehead atoms. The van der Waals surface area contributed by atoms with E-state index in [0.717, 1.165) is 5.56 Å². The van der Waals surface area contributed by atoms with Crippen LogP contribution in [0.3, 0.4) is 0 Å². The topological polar surface area (TPSA) is 46.5 Å². The summed E-state index contributed by atoms with van der Waals surface area (Å²) in [6.45, 7) is 6.41. The minimum absolute atomic E-state index is 0.0797. The van der Waals surface area contributed by atoms with E-state index in [9.17, 15) is 4.79 Å². The molecular weight excluding hydrogens is 204 g/mol. The molecule has 1 atom stereocenters. The molecule has 0 saturated heterocycles. The minimum Gasteiger partial charge on any atom is -0.478 e. The molecule has 1 unspecified atom stereocenters. The molecule has 0 aliphatic carbocycles. The third-order valence-electron chi connectivity index (χ3n) is 2.88. The lowest BCUT2D eigenvalue weighted by Crippen LogP contribution is -2.24. The minimum atomic E-state index is -0.895. The second kappa shape index (κ2) is 3.51. The monoisotopic (exact) mass is 220 g/mol. The fourth-order valence-electron chi connectivity index (χ4n) is 1.85. The van der Waals surface area contributed by atoms with Crippen molar-refractivity contribution in [3.8, 4) is 5.75 Å². The highest BCUT2D eigenvalue weighted by Crippen LogP contribution is 2.33. The van der Waals surface area contributed by atoms with Crippen molar-refractivity contribution in [1.82, 2.24) is 0 Å². The highest BCUT2D eigenvalue weighted by atomic mass is 16.5. The van der Waals surface area contributed by atoms with Gasteiger partial charge in [-0.1, -0.05) is 32.9 Å². The number of carboxylic acids is 1. The van der Waals surface area contributed by atoms with Crippen LogP contribution in [0, 0.1) is 0 Å². The summed E-state index contributed by atoms with van der Waals surface area (Å²) in [7, 11) is 0. The highest BCUT2D eigenvalue weighted by Gasteiger charge is 2.29. The first kappa shape index (κ1) is 11.0. The first-order chi connectivity index (χ1) is 7.38. The van der Waals surface area contributed by atoms with Gasteiger partial charge in [-0.3, -0.25) is 0 Å². The number of carboxylic acid groups (broad SMARTS) is 1. The van der Waals surface area contributed by atoms with Crippen LogP contribution in [0.2, 0.25) is 0 Å². The molecule has 2 rings (SSSR count). The maximum atomic E-state index is 10.8. The van der Waals surface area contributed by atoms with Crippen LogP contribution in [-0.2, 0) is 16.6 Å². The molecule has 0 spiro atoms. The van der Waals surface area contributed by atoms with Crippen LogP contribution in [0.1, 0.15) is 31.9 Å². The van der Waals surface area contributed by atoms with Gasteiger partial charge in [0.2, 0.25) is 0 Å². The Kier molecular flexibility index (Phi) is 2.41. The number of fused-ring (bicyclic) bond motifs is 1. The van der Waals surface area contributed by atoms with Gasteiger partial charge in [0.15, 0.2) is 6.10 Å². The zero-order chi connectivity index (χ0) is 11.9. The van der Waals surface area contributed by atoms with Crippen LogP contribution >= 0.6 is 0 Å². The summed E-state index contributed by atoms with van der Waals surface area (Å²) in [5.74, 6) is -0.186. The number of benzene rings is 1. The summed E-state index contributed by atoms with van der Waals surface area (Å²) in [5, 5.41) is 8.89. The molecule has 1 aliphatic heterocycles. The third kappa shape index (κ3) is 1.90. The van der Waals surface area contributed by atoms with Crippen molar-refractivity contribution >= 4 is 5.97 Å². The second-order valence-corrected chi connectivity index (χ2v) is 5.22. The number of rotatable bonds is 1. The van der Waals surface area contributed by atoms with Crippen LogP contribution in [-0.4, -0.2) is 17.2 Å². The van der Waals surface area contributed by atoms with Crippen LogP contribution in [0.4, 0.5) is 0 Å². The number of hydrogen-bond donors (Lipinski definition) is 1. The molecule has 16 heavy (non-hydrogen) atoms. The van der Waals surface area contributed by atoms with Crippen molar-refractivity contribution in [2.45, 2.75) is 38.7 Å². The van der Waals surface area contributed by atoms with Crippen molar-refractivity contribution in [3.05, 3.63) is 29.3 Å². The normalized spacial score (nSPS) is 19.1. The molecule has 3 nitrogen and oxygen atoms in total. The molecule has 0 saturated carbocycles. The SMILES string of the molecule is CC(C)(C)c1ccc2c(c1)CC(C(=O)O)O2. The molecule has 86 valence electrons. The molecular formula is C13H16O3. The quantitative estimate of drug-likeness (QED) is 0.790. The zero-order valence-corrected chi connectivity index (χ0v) is 9.78. The summed E-state index contributed by atoms with van der Waals surface area (Å²) in [5.41, 5.74) is 2.29. The maximum Gasteiger partial charge on any atom is 0.345 e. The Bertz CT molecular complexity index is 429. The van der Waals surface area contributed by atoms with Gasteiger partial charge in [-0.2, -0.15) is 0 Å². The number of hydrogen-bond acceptors (Lipinski definition) is 2. The average molecular weight is 220 g/mol. The van der Waals surface area contributed by atoms with Gasteiger partial charge >= 0.3 is 5.97 Å². The van der Waals surface area contributed by atoms with Gasteiger partial charge in [0.25, 0.3) is 0 Å². The lowest BCUT2D eigenvalue weighted by Gasteiger charge is -2.19. The Labute approximate surface area is 95.0 Å². The Morgan fingerprint density at radius 1 is 1.44 bits per heavy atom. The molecule has 1 heterocycles. The van der Waals surface area contributed by atoms with Crippen molar-refractivity contribution < 1.29 is 14.6 Å². The van der Waals surface area contributed by atoms with E-state index in [2.05, 4.69) is 26.8 Å². The molecule has 1 aliphatic rings. The Morgan fingerprint density at radius 3 is 2.69 bits per heavy atom. The lowest BCUT2D eigenvalue weighted by atomic mass is 9.86. The lowest BCUT2D eigenvalue weighted by molar-refractivity contribution is -0.144. The highest BCUT2D eigenvalue weighted by molar-refractivity contribution is 5.74. The van der Waals surface area contributed by atoms with Gasteiger partial charge in [0.1, 0.15) is 5.75 Å². The zero-order valence-electron chi connectivity index (χ0n) is 9.78. The van der Waals surface area contributed by atoms with Crippen molar-refractivity contribution in [1.29, 1.82) is 0 Å². The summed E-state index contributed by atoms with van der Waals surface area (Å²) in [6.07, 6.45) is -0.251. The molecule has 1 aromatic carbocycles. The standard InChI is InChI=1S/C13H16O3/c1-13(2,3)9-4-5-10-8(6-9)7-11(16-10)12(14)15/h4-6,11H,7H2,1-3H3,(H,14,15). The smallest absolute Gasteiger partial charge is 0.345 e. The first-order valence-electron chi connectivity index (χ1n) is 5.41. The predicted octanol–water partition coefficient (Wildman–Crippen LogP) is 2.37. The van der Waals surface area contributed by atoms with E-state index in [1.54, 1.807) is 0 Å². The van der Waals surface area contributed by atoms with Gasteiger partial charge < -0.3 is 9.84 Å². The van der Waals surface area contributed by atoms with Gasteiger partial charge in [-0.25, -0.2) is 4.79 Å². The van der Waals surface area contributed by atoms with E-state index in [1.807, 2.05) is 12.1 Å². The predicted molar refractivity (Wildman–Crippen MR) is 60.9 cm³/mol. The Hall–Kier alpha value is -1.51. The van der Waals surface area contributed by atoms with E-state index < -0.39 is 12.1 Å². The van der Waals surface area contributed by atoms with Crippen molar-refractivity contribution in [2.75, 3.05) is 0 Å². The summed E-state index contributed by atoms with van der Waals surface area (Å²) in [4.78, 5) is 10.8.